The number of hydrogen-bond acceptors (Lipinski definition) is 1. The second-order valence-corrected chi connectivity index (χ2v) is 8.22. The molecule has 1 rings (SSSR count). The van der Waals surface area contributed by atoms with Crippen LogP contribution in [-0.4, -0.2) is 24.0 Å². The Balaban J connectivity index is 1.89. The van der Waals surface area contributed by atoms with E-state index in [0.29, 0.717) is 0 Å². The molecular weight excluding hydrogens is 290 g/mol. The van der Waals surface area contributed by atoms with Crippen LogP contribution in [0.3, 0.4) is 0 Å². The van der Waals surface area contributed by atoms with E-state index in [9.17, 15) is 0 Å². The SMILES string of the molecule is CCCCCCCCCCN(CCCCCCCCCC)C1CC1. The lowest BCUT2D eigenvalue weighted by atomic mass is 10.1. The third kappa shape index (κ3) is 13.3. The van der Waals surface area contributed by atoms with Gasteiger partial charge in [-0.15, -0.1) is 0 Å². The molecule has 144 valence electrons. The zero-order valence-electron chi connectivity index (χ0n) is 17.2. The summed E-state index contributed by atoms with van der Waals surface area (Å²) in [5.74, 6) is 0. The van der Waals surface area contributed by atoms with Crippen LogP contribution in [-0.2, 0) is 0 Å². The van der Waals surface area contributed by atoms with Crippen molar-refractivity contribution in [1.82, 2.24) is 4.90 Å². The molecule has 1 saturated carbocycles. The van der Waals surface area contributed by atoms with Gasteiger partial charge in [0.25, 0.3) is 0 Å². The molecule has 1 aliphatic carbocycles. The minimum absolute atomic E-state index is 0.971. The lowest BCUT2D eigenvalue weighted by molar-refractivity contribution is 0.250. The smallest absolute Gasteiger partial charge is 0.00964 e. The molecule has 0 radical (unpaired) electrons. The van der Waals surface area contributed by atoms with Gasteiger partial charge in [0.2, 0.25) is 0 Å². The van der Waals surface area contributed by atoms with E-state index >= 15 is 0 Å². The number of hydrogen-bond donors (Lipinski definition) is 0. The summed E-state index contributed by atoms with van der Waals surface area (Å²) in [6, 6.07) is 0.971. The molecule has 0 aromatic rings. The molecule has 1 aliphatic rings. The second kappa shape index (κ2) is 16.4. The van der Waals surface area contributed by atoms with Crippen LogP contribution in [0.1, 0.15) is 129 Å². The van der Waals surface area contributed by atoms with Crippen molar-refractivity contribution in [3.63, 3.8) is 0 Å². The highest BCUT2D eigenvalue weighted by molar-refractivity contribution is 4.84. The average molecular weight is 338 g/mol. The molecule has 0 aromatic heterocycles. The first-order valence-corrected chi connectivity index (χ1v) is 11.6. The Morgan fingerprint density at radius 3 is 1.17 bits per heavy atom. The summed E-state index contributed by atoms with van der Waals surface area (Å²) in [5, 5.41) is 0. The van der Waals surface area contributed by atoms with E-state index in [1.54, 1.807) is 0 Å². The lowest BCUT2D eigenvalue weighted by Gasteiger charge is -2.22. The summed E-state index contributed by atoms with van der Waals surface area (Å²) in [6.07, 6.45) is 26.2. The normalized spacial score (nSPS) is 14.6. The maximum atomic E-state index is 2.83. The lowest BCUT2D eigenvalue weighted by Crippen LogP contribution is -2.28. The predicted octanol–water partition coefficient (Wildman–Crippen LogP) is 7.73. The number of unbranched alkanes of at least 4 members (excludes halogenated alkanes) is 14. The van der Waals surface area contributed by atoms with Crippen molar-refractivity contribution >= 4 is 0 Å². The largest absolute Gasteiger partial charge is 0.300 e. The fourth-order valence-corrected chi connectivity index (χ4v) is 3.81. The van der Waals surface area contributed by atoms with Crippen LogP contribution in [0, 0.1) is 0 Å². The van der Waals surface area contributed by atoms with Crippen molar-refractivity contribution in [2.45, 2.75) is 135 Å². The van der Waals surface area contributed by atoms with Crippen molar-refractivity contribution in [3.8, 4) is 0 Å². The summed E-state index contributed by atoms with van der Waals surface area (Å²) in [6.45, 7) is 7.38. The van der Waals surface area contributed by atoms with Crippen LogP contribution in [0.25, 0.3) is 0 Å². The van der Waals surface area contributed by atoms with Crippen LogP contribution in [0.15, 0.2) is 0 Å². The van der Waals surface area contributed by atoms with Crippen molar-refractivity contribution < 1.29 is 0 Å². The van der Waals surface area contributed by atoms with E-state index < -0.39 is 0 Å². The molecule has 24 heavy (non-hydrogen) atoms. The van der Waals surface area contributed by atoms with E-state index in [4.69, 9.17) is 0 Å². The molecule has 0 aliphatic heterocycles. The highest BCUT2D eigenvalue weighted by atomic mass is 15.2. The highest BCUT2D eigenvalue weighted by Gasteiger charge is 2.27. The summed E-state index contributed by atoms with van der Waals surface area (Å²) in [7, 11) is 0. The Labute approximate surface area is 154 Å². The highest BCUT2D eigenvalue weighted by Crippen LogP contribution is 2.27. The van der Waals surface area contributed by atoms with Gasteiger partial charge in [-0.3, -0.25) is 0 Å². The first-order chi connectivity index (χ1) is 11.9. The Morgan fingerprint density at radius 1 is 0.500 bits per heavy atom. The molecule has 0 aromatic carbocycles. The monoisotopic (exact) mass is 337 g/mol. The van der Waals surface area contributed by atoms with E-state index in [-0.39, 0.29) is 0 Å². The Morgan fingerprint density at radius 2 is 0.833 bits per heavy atom. The molecule has 0 spiro atoms. The molecule has 1 heteroatoms. The van der Waals surface area contributed by atoms with Crippen molar-refractivity contribution in [3.05, 3.63) is 0 Å². The fraction of sp³-hybridized carbons (Fsp3) is 1.00. The van der Waals surface area contributed by atoms with E-state index in [1.807, 2.05) is 0 Å². The van der Waals surface area contributed by atoms with Crippen molar-refractivity contribution in [1.29, 1.82) is 0 Å². The summed E-state index contributed by atoms with van der Waals surface area (Å²) in [4.78, 5) is 2.83. The van der Waals surface area contributed by atoms with Crippen LogP contribution < -0.4 is 0 Å². The van der Waals surface area contributed by atoms with E-state index in [0.717, 1.165) is 6.04 Å². The van der Waals surface area contributed by atoms with Gasteiger partial charge in [0.05, 0.1) is 0 Å². The van der Waals surface area contributed by atoms with Crippen LogP contribution >= 0.6 is 0 Å². The molecule has 0 unspecified atom stereocenters. The zero-order valence-corrected chi connectivity index (χ0v) is 17.2. The van der Waals surface area contributed by atoms with E-state index in [2.05, 4.69) is 18.7 Å². The average Bonchev–Trinajstić information content (AvgIpc) is 3.42. The van der Waals surface area contributed by atoms with Crippen LogP contribution in [0.4, 0.5) is 0 Å². The molecule has 1 fully saturated rings. The molecule has 0 atom stereocenters. The van der Waals surface area contributed by atoms with Gasteiger partial charge < -0.3 is 4.90 Å². The first kappa shape index (κ1) is 22.0. The van der Waals surface area contributed by atoms with Crippen molar-refractivity contribution in [2.75, 3.05) is 13.1 Å². The topological polar surface area (TPSA) is 3.24 Å². The van der Waals surface area contributed by atoms with Gasteiger partial charge in [0.1, 0.15) is 0 Å². The molecule has 0 saturated heterocycles. The molecule has 0 heterocycles. The maximum Gasteiger partial charge on any atom is 0.00964 e. The van der Waals surface area contributed by atoms with E-state index in [1.165, 1.54) is 129 Å². The fourth-order valence-electron chi connectivity index (χ4n) is 3.81. The third-order valence-corrected chi connectivity index (χ3v) is 5.66. The van der Waals surface area contributed by atoms with Gasteiger partial charge >= 0.3 is 0 Å². The third-order valence-electron chi connectivity index (χ3n) is 5.66. The predicted molar refractivity (Wildman–Crippen MR) is 110 cm³/mol. The molecule has 1 nitrogen and oxygen atoms in total. The summed E-state index contributed by atoms with van der Waals surface area (Å²) < 4.78 is 0. The Kier molecular flexibility index (Phi) is 15.1. The zero-order chi connectivity index (χ0) is 17.3. The second-order valence-electron chi connectivity index (χ2n) is 8.22. The molecule has 0 N–H and O–H groups in total. The van der Waals surface area contributed by atoms with Gasteiger partial charge in [0, 0.05) is 6.04 Å². The molecule has 0 bridgehead atoms. The van der Waals surface area contributed by atoms with Gasteiger partial charge in [-0.2, -0.15) is 0 Å². The minimum atomic E-state index is 0.971. The maximum absolute atomic E-state index is 2.83. The number of rotatable bonds is 19. The van der Waals surface area contributed by atoms with Gasteiger partial charge in [-0.25, -0.2) is 0 Å². The van der Waals surface area contributed by atoms with Gasteiger partial charge in [-0.05, 0) is 38.8 Å². The Bertz CT molecular complexity index is 226. The quantitative estimate of drug-likeness (QED) is 0.218. The van der Waals surface area contributed by atoms with Gasteiger partial charge in [0.15, 0.2) is 0 Å². The van der Waals surface area contributed by atoms with Crippen molar-refractivity contribution in [2.24, 2.45) is 0 Å². The van der Waals surface area contributed by atoms with Crippen LogP contribution in [0.2, 0.25) is 0 Å². The molecular formula is C23H47N. The standard InChI is InChI=1S/C23H47N/c1-3-5-7-9-11-13-15-17-21-24(23-19-20-23)22-18-16-14-12-10-8-6-4-2/h23H,3-22H2,1-2H3. The Hall–Kier alpha value is -0.0400. The first-order valence-electron chi connectivity index (χ1n) is 11.6. The van der Waals surface area contributed by atoms with Gasteiger partial charge in [-0.1, -0.05) is 104 Å². The summed E-state index contributed by atoms with van der Waals surface area (Å²) in [5.41, 5.74) is 0. The summed E-state index contributed by atoms with van der Waals surface area (Å²) >= 11 is 0. The molecule has 0 amide bonds. The minimum Gasteiger partial charge on any atom is -0.300 e. The van der Waals surface area contributed by atoms with Crippen LogP contribution in [0.5, 0.6) is 0 Å². The number of nitrogens with zero attached hydrogens (tertiary/aromatic N) is 1.